The number of aromatic nitrogens is 2. The van der Waals surface area contributed by atoms with E-state index in [0.29, 0.717) is 0 Å². The highest BCUT2D eigenvalue weighted by molar-refractivity contribution is 7.89. The molecule has 1 aromatic heterocycles. The fraction of sp³-hybridized carbons (Fsp3) is 0.400. The third kappa shape index (κ3) is 4.71. The largest absolute Gasteiger partial charge is 0.573 e. The van der Waals surface area contributed by atoms with E-state index in [1.54, 1.807) is 0 Å². The van der Waals surface area contributed by atoms with Crippen LogP contribution in [-0.4, -0.2) is 68.0 Å². The molecule has 3 rings (SSSR count). The summed E-state index contributed by atoms with van der Waals surface area (Å²) in [5.41, 5.74) is 0. The third-order valence-electron chi connectivity index (χ3n) is 4.20. The Morgan fingerprint density at radius 1 is 0.966 bits per heavy atom. The van der Waals surface area contributed by atoms with Crippen LogP contribution < -0.4 is 4.74 Å². The number of hydrogen-bond donors (Lipinski definition) is 1. The summed E-state index contributed by atoms with van der Waals surface area (Å²) in [6.07, 6.45) is -2.55. The van der Waals surface area contributed by atoms with E-state index >= 15 is 0 Å². The summed E-state index contributed by atoms with van der Waals surface area (Å²) in [5.74, 6) is -0.841. The third-order valence-corrected chi connectivity index (χ3v) is 7.96. The highest BCUT2D eigenvalue weighted by Crippen LogP contribution is 2.31. The molecule has 0 amide bonds. The van der Waals surface area contributed by atoms with Crippen molar-refractivity contribution in [2.24, 2.45) is 0 Å². The lowest BCUT2D eigenvalue weighted by Gasteiger charge is -2.22. The van der Waals surface area contributed by atoms with Crippen LogP contribution in [0.15, 0.2) is 46.7 Å². The number of benzene rings is 1. The smallest absolute Gasteiger partial charge is 0.404 e. The SMILES string of the molecule is O=S(=O)(c1cnc[nH]1)N1CCCN(S(=O)(=O)c2ccccc2OC(F)(F)F)CC1. The zero-order valence-electron chi connectivity index (χ0n) is 14.8. The van der Waals surface area contributed by atoms with E-state index in [-0.39, 0.29) is 37.6 Å². The number of alkyl halides is 3. The molecule has 1 N–H and O–H groups in total. The summed E-state index contributed by atoms with van der Waals surface area (Å²) >= 11 is 0. The lowest BCUT2D eigenvalue weighted by Crippen LogP contribution is -2.37. The summed E-state index contributed by atoms with van der Waals surface area (Å²) in [4.78, 5) is 5.53. The molecule has 0 bridgehead atoms. The second kappa shape index (κ2) is 7.93. The molecule has 1 aliphatic rings. The standard InChI is InChI=1S/C15H17F3N4O5S2/c16-15(17,18)27-12-4-1-2-5-13(12)28(23,24)21-6-3-7-22(9-8-21)29(25,26)14-10-19-11-20-14/h1-2,4-5,10-11H,3,6-9H2,(H,19,20). The van der Waals surface area contributed by atoms with Gasteiger partial charge < -0.3 is 9.72 Å². The number of sulfonamides is 2. The van der Waals surface area contributed by atoms with Gasteiger partial charge in [0.1, 0.15) is 10.6 Å². The van der Waals surface area contributed by atoms with Gasteiger partial charge in [-0.2, -0.15) is 8.61 Å². The predicted octanol–water partition coefficient (Wildman–Crippen LogP) is 1.39. The van der Waals surface area contributed by atoms with E-state index in [4.69, 9.17) is 0 Å². The van der Waals surface area contributed by atoms with E-state index in [1.807, 2.05) is 0 Å². The first-order valence-electron chi connectivity index (χ1n) is 8.35. The summed E-state index contributed by atoms with van der Waals surface area (Å²) in [5, 5.41) is -0.127. The molecule has 0 spiro atoms. The van der Waals surface area contributed by atoms with Gasteiger partial charge in [-0.1, -0.05) is 12.1 Å². The molecule has 0 aliphatic carbocycles. The fourth-order valence-corrected chi connectivity index (χ4v) is 5.83. The number of aromatic amines is 1. The van der Waals surface area contributed by atoms with Crippen LogP contribution >= 0.6 is 0 Å². The molecule has 160 valence electrons. The monoisotopic (exact) mass is 454 g/mol. The van der Waals surface area contributed by atoms with Crippen molar-refractivity contribution in [1.29, 1.82) is 0 Å². The van der Waals surface area contributed by atoms with E-state index in [9.17, 15) is 30.0 Å². The quantitative estimate of drug-likeness (QED) is 0.731. The van der Waals surface area contributed by atoms with Gasteiger partial charge in [0.25, 0.3) is 10.0 Å². The molecule has 1 aromatic carbocycles. The van der Waals surface area contributed by atoms with Crippen molar-refractivity contribution in [3.8, 4) is 5.75 Å². The molecule has 1 aliphatic heterocycles. The molecule has 0 radical (unpaired) electrons. The van der Waals surface area contributed by atoms with Gasteiger partial charge >= 0.3 is 6.36 Å². The average Bonchev–Trinajstić information content (AvgIpc) is 3.05. The summed E-state index contributed by atoms with van der Waals surface area (Å²) < 4.78 is 94.8. The van der Waals surface area contributed by atoms with Crippen LogP contribution in [0.1, 0.15) is 6.42 Å². The highest BCUT2D eigenvalue weighted by Gasteiger charge is 2.37. The Hall–Kier alpha value is -2.16. The number of halogens is 3. The van der Waals surface area contributed by atoms with Gasteiger partial charge in [0.05, 0.1) is 12.5 Å². The van der Waals surface area contributed by atoms with Crippen LogP contribution in [0.25, 0.3) is 0 Å². The van der Waals surface area contributed by atoms with Crippen molar-refractivity contribution in [1.82, 2.24) is 18.6 Å². The number of H-pyrrole nitrogens is 1. The zero-order chi connectivity index (χ0) is 21.3. The molecule has 0 unspecified atom stereocenters. The molecular weight excluding hydrogens is 437 g/mol. The first kappa shape index (κ1) is 21.5. The Morgan fingerprint density at radius 2 is 1.59 bits per heavy atom. The van der Waals surface area contributed by atoms with Crippen LogP contribution in [0, 0.1) is 0 Å². The summed E-state index contributed by atoms with van der Waals surface area (Å²) in [7, 11) is -8.23. The van der Waals surface area contributed by atoms with Crippen molar-refractivity contribution in [3.63, 3.8) is 0 Å². The van der Waals surface area contributed by atoms with Gasteiger partial charge in [-0.15, -0.1) is 13.2 Å². The Labute approximate surface area is 165 Å². The van der Waals surface area contributed by atoms with Gasteiger partial charge in [0.2, 0.25) is 10.0 Å². The predicted molar refractivity (Wildman–Crippen MR) is 93.8 cm³/mol. The second-order valence-corrected chi connectivity index (χ2v) is 9.88. The topological polar surface area (TPSA) is 113 Å². The van der Waals surface area contributed by atoms with Gasteiger partial charge in [-0.25, -0.2) is 21.8 Å². The highest BCUT2D eigenvalue weighted by atomic mass is 32.2. The first-order valence-corrected chi connectivity index (χ1v) is 11.2. The van der Waals surface area contributed by atoms with E-state index in [2.05, 4.69) is 14.7 Å². The van der Waals surface area contributed by atoms with Gasteiger partial charge in [0.15, 0.2) is 5.03 Å². The molecule has 2 heterocycles. The second-order valence-electron chi connectivity index (χ2n) is 6.07. The molecular formula is C15H17F3N4O5S2. The van der Waals surface area contributed by atoms with Crippen molar-refractivity contribution >= 4 is 20.0 Å². The van der Waals surface area contributed by atoms with Gasteiger partial charge in [-0.05, 0) is 18.6 Å². The van der Waals surface area contributed by atoms with Crippen LogP contribution in [0.2, 0.25) is 0 Å². The molecule has 29 heavy (non-hydrogen) atoms. The Balaban J connectivity index is 1.84. The number of hydrogen-bond acceptors (Lipinski definition) is 6. The lowest BCUT2D eigenvalue weighted by molar-refractivity contribution is -0.275. The van der Waals surface area contributed by atoms with E-state index in [1.165, 1.54) is 18.5 Å². The van der Waals surface area contributed by atoms with E-state index in [0.717, 1.165) is 26.9 Å². The average molecular weight is 454 g/mol. The molecule has 1 saturated heterocycles. The summed E-state index contributed by atoms with van der Waals surface area (Å²) in [6.45, 7) is -0.398. The number of imidazole rings is 1. The molecule has 0 saturated carbocycles. The lowest BCUT2D eigenvalue weighted by atomic mass is 10.3. The van der Waals surface area contributed by atoms with Crippen LogP contribution in [-0.2, 0) is 20.0 Å². The van der Waals surface area contributed by atoms with Crippen molar-refractivity contribution < 1.29 is 34.7 Å². The summed E-state index contributed by atoms with van der Waals surface area (Å²) in [6, 6.07) is 4.43. The normalized spacial score (nSPS) is 17.8. The van der Waals surface area contributed by atoms with Crippen molar-refractivity contribution in [2.75, 3.05) is 26.2 Å². The molecule has 9 nitrogen and oxygen atoms in total. The number of ether oxygens (including phenoxy) is 1. The van der Waals surface area contributed by atoms with Gasteiger partial charge in [-0.3, -0.25) is 0 Å². The maximum absolute atomic E-state index is 12.9. The first-order chi connectivity index (χ1) is 13.5. The van der Waals surface area contributed by atoms with Crippen molar-refractivity contribution in [2.45, 2.75) is 22.7 Å². The molecule has 0 atom stereocenters. The maximum atomic E-state index is 12.9. The number of para-hydroxylation sites is 1. The van der Waals surface area contributed by atoms with Crippen LogP contribution in [0.3, 0.4) is 0 Å². The minimum atomic E-state index is -5.06. The molecule has 1 fully saturated rings. The van der Waals surface area contributed by atoms with Crippen molar-refractivity contribution in [3.05, 3.63) is 36.8 Å². The Morgan fingerprint density at radius 3 is 2.17 bits per heavy atom. The minimum Gasteiger partial charge on any atom is -0.404 e. The van der Waals surface area contributed by atoms with Crippen LogP contribution in [0.5, 0.6) is 5.75 Å². The maximum Gasteiger partial charge on any atom is 0.573 e. The Bertz CT molecular complexity index is 1060. The number of nitrogens with zero attached hydrogens (tertiary/aromatic N) is 3. The van der Waals surface area contributed by atoms with E-state index < -0.39 is 37.1 Å². The molecule has 2 aromatic rings. The minimum absolute atomic E-state index is 0.0497. The van der Waals surface area contributed by atoms with Crippen LogP contribution in [0.4, 0.5) is 13.2 Å². The zero-order valence-corrected chi connectivity index (χ0v) is 16.5. The molecule has 14 heteroatoms. The number of rotatable bonds is 5. The number of nitrogens with one attached hydrogen (secondary N) is 1. The Kier molecular flexibility index (Phi) is 5.89. The van der Waals surface area contributed by atoms with Gasteiger partial charge in [0, 0.05) is 26.2 Å². The fourth-order valence-electron chi connectivity index (χ4n) is 2.89.